The summed E-state index contributed by atoms with van der Waals surface area (Å²) in [6.45, 7) is 3.67. The summed E-state index contributed by atoms with van der Waals surface area (Å²) in [5, 5.41) is 9.89. The van der Waals surface area contributed by atoms with Crippen molar-refractivity contribution in [3.63, 3.8) is 0 Å². The zero-order valence-electron chi connectivity index (χ0n) is 8.59. The number of rotatable bonds is 4. The van der Waals surface area contributed by atoms with Crippen molar-refractivity contribution in [3.05, 3.63) is 42.0 Å². The monoisotopic (exact) mass is 206 g/mol. The van der Waals surface area contributed by atoms with Gasteiger partial charge >= 0.3 is 0 Å². The van der Waals surface area contributed by atoms with E-state index >= 15 is 0 Å². The zero-order chi connectivity index (χ0) is 10.8. The van der Waals surface area contributed by atoms with Crippen LogP contribution in [0.4, 0.5) is 0 Å². The van der Waals surface area contributed by atoms with Crippen LogP contribution in [-0.2, 0) is 9.47 Å². The van der Waals surface area contributed by atoms with Gasteiger partial charge in [-0.25, -0.2) is 0 Å². The van der Waals surface area contributed by atoms with Crippen molar-refractivity contribution in [2.45, 2.75) is 18.5 Å². The standard InChI is InChI=1S/C12H14O3/c1-3-8-4-6-9(7-5-8)10(13)11-12(14-2)15-11/h3-7,10-13H,1H2,2H3. The third-order valence-corrected chi connectivity index (χ3v) is 2.54. The van der Waals surface area contributed by atoms with Crippen LogP contribution in [0, 0.1) is 0 Å². The highest BCUT2D eigenvalue weighted by Crippen LogP contribution is 2.34. The summed E-state index contributed by atoms with van der Waals surface area (Å²) < 4.78 is 10.1. The first-order valence-electron chi connectivity index (χ1n) is 4.85. The van der Waals surface area contributed by atoms with Crippen LogP contribution in [-0.4, -0.2) is 24.6 Å². The van der Waals surface area contributed by atoms with Gasteiger partial charge in [-0.15, -0.1) is 0 Å². The van der Waals surface area contributed by atoms with E-state index in [1.165, 1.54) is 0 Å². The van der Waals surface area contributed by atoms with Crippen molar-refractivity contribution >= 4 is 6.08 Å². The number of methoxy groups -OCH3 is 1. The van der Waals surface area contributed by atoms with Crippen molar-refractivity contribution in [1.82, 2.24) is 0 Å². The van der Waals surface area contributed by atoms with Crippen LogP contribution in [0.2, 0.25) is 0 Å². The molecule has 0 saturated carbocycles. The lowest BCUT2D eigenvalue weighted by Gasteiger charge is -2.07. The summed E-state index contributed by atoms with van der Waals surface area (Å²) in [6, 6.07) is 7.57. The average Bonchev–Trinajstić information content (AvgIpc) is 3.07. The van der Waals surface area contributed by atoms with Gasteiger partial charge in [-0.3, -0.25) is 0 Å². The average molecular weight is 206 g/mol. The second-order valence-electron chi connectivity index (χ2n) is 3.52. The van der Waals surface area contributed by atoms with E-state index in [0.29, 0.717) is 0 Å². The fourth-order valence-corrected chi connectivity index (χ4v) is 1.54. The van der Waals surface area contributed by atoms with Crippen molar-refractivity contribution in [1.29, 1.82) is 0 Å². The first kappa shape index (κ1) is 10.4. The number of aliphatic hydroxyl groups is 1. The zero-order valence-corrected chi connectivity index (χ0v) is 8.59. The molecule has 3 atom stereocenters. The Hall–Kier alpha value is -1.16. The maximum atomic E-state index is 9.89. The molecule has 0 aliphatic carbocycles. The van der Waals surface area contributed by atoms with Gasteiger partial charge in [0.05, 0.1) is 0 Å². The van der Waals surface area contributed by atoms with E-state index in [2.05, 4.69) is 6.58 Å². The minimum absolute atomic E-state index is 0.232. The van der Waals surface area contributed by atoms with E-state index in [1.54, 1.807) is 13.2 Å². The predicted molar refractivity (Wildman–Crippen MR) is 57.2 cm³/mol. The van der Waals surface area contributed by atoms with E-state index in [4.69, 9.17) is 9.47 Å². The van der Waals surface area contributed by atoms with Crippen molar-refractivity contribution in [2.75, 3.05) is 7.11 Å². The van der Waals surface area contributed by atoms with E-state index in [9.17, 15) is 5.11 Å². The lowest BCUT2D eigenvalue weighted by atomic mass is 10.0. The van der Waals surface area contributed by atoms with Crippen LogP contribution in [0.1, 0.15) is 17.2 Å². The molecule has 15 heavy (non-hydrogen) atoms. The SMILES string of the molecule is C=Cc1ccc(C(O)C2OC2OC)cc1. The molecule has 1 aromatic rings. The van der Waals surface area contributed by atoms with Gasteiger partial charge in [-0.1, -0.05) is 36.9 Å². The number of aliphatic hydroxyl groups excluding tert-OH is 1. The second kappa shape index (κ2) is 4.14. The molecule has 3 nitrogen and oxygen atoms in total. The van der Waals surface area contributed by atoms with Gasteiger partial charge in [0.2, 0.25) is 0 Å². The Morgan fingerprint density at radius 1 is 1.47 bits per heavy atom. The Labute approximate surface area is 88.9 Å². The van der Waals surface area contributed by atoms with Crippen LogP contribution in [0.5, 0.6) is 0 Å². The van der Waals surface area contributed by atoms with Crippen LogP contribution < -0.4 is 0 Å². The fourth-order valence-electron chi connectivity index (χ4n) is 1.54. The Morgan fingerprint density at radius 2 is 2.13 bits per heavy atom. The Kier molecular flexibility index (Phi) is 2.86. The van der Waals surface area contributed by atoms with Gasteiger partial charge in [0.25, 0.3) is 0 Å². The summed E-state index contributed by atoms with van der Waals surface area (Å²) in [4.78, 5) is 0. The van der Waals surface area contributed by atoms with Gasteiger partial charge in [0.1, 0.15) is 12.2 Å². The number of epoxide rings is 1. The van der Waals surface area contributed by atoms with Gasteiger partial charge in [0.15, 0.2) is 6.29 Å². The Morgan fingerprint density at radius 3 is 2.60 bits per heavy atom. The first-order chi connectivity index (χ1) is 7.26. The topological polar surface area (TPSA) is 42.0 Å². The van der Waals surface area contributed by atoms with Gasteiger partial charge in [0, 0.05) is 7.11 Å². The minimum Gasteiger partial charge on any atom is -0.385 e. The minimum atomic E-state index is -0.617. The molecule has 80 valence electrons. The summed E-state index contributed by atoms with van der Waals surface area (Å²) in [5.74, 6) is 0. The molecule has 0 aromatic heterocycles. The van der Waals surface area contributed by atoms with E-state index in [0.717, 1.165) is 11.1 Å². The lowest BCUT2D eigenvalue weighted by Crippen LogP contribution is -2.08. The Balaban J connectivity index is 2.06. The summed E-state index contributed by atoms with van der Waals surface area (Å²) in [5.41, 5.74) is 1.87. The summed E-state index contributed by atoms with van der Waals surface area (Å²) in [6.07, 6.45) is 0.652. The second-order valence-corrected chi connectivity index (χ2v) is 3.52. The predicted octanol–water partition coefficient (Wildman–Crippen LogP) is 1.73. The molecular formula is C12H14O3. The van der Waals surface area contributed by atoms with Crippen LogP contribution >= 0.6 is 0 Å². The molecule has 0 amide bonds. The normalized spacial score (nSPS) is 26.0. The van der Waals surface area contributed by atoms with E-state index in [-0.39, 0.29) is 12.4 Å². The molecule has 1 aromatic carbocycles. The van der Waals surface area contributed by atoms with Crippen LogP contribution in [0.15, 0.2) is 30.8 Å². The van der Waals surface area contributed by atoms with Gasteiger partial charge < -0.3 is 14.6 Å². The highest BCUT2D eigenvalue weighted by Gasteiger charge is 2.45. The quantitative estimate of drug-likeness (QED) is 0.763. The molecule has 1 heterocycles. The van der Waals surface area contributed by atoms with Crippen LogP contribution in [0.25, 0.3) is 6.08 Å². The molecular weight excluding hydrogens is 192 g/mol. The molecule has 1 N–H and O–H groups in total. The lowest BCUT2D eigenvalue weighted by molar-refractivity contribution is 0.0949. The molecule has 0 bridgehead atoms. The molecule has 1 fully saturated rings. The third-order valence-electron chi connectivity index (χ3n) is 2.54. The Bertz CT molecular complexity index is 344. The smallest absolute Gasteiger partial charge is 0.187 e. The highest BCUT2D eigenvalue weighted by molar-refractivity contribution is 5.47. The number of hydrogen-bond donors (Lipinski definition) is 1. The summed E-state index contributed by atoms with van der Waals surface area (Å²) >= 11 is 0. The van der Waals surface area contributed by atoms with Crippen molar-refractivity contribution in [3.8, 4) is 0 Å². The molecule has 2 rings (SSSR count). The summed E-state index contributed by atoms with van der Waals surface area (Å²) in [7, 11) is 1.57. The molecule has 3 unspecified atom stereocenters. The van der Waals surface area contributed by atoms with Crippen molar-refractivity contribution in [2.24, 2.45) is 0 Å². The maximum Gasteiger partial charge on any atom is 0.187 e. The number of benzene rings is 1. The molecule has 1 aliphatic rings. The van der Waals surface area contributed by atoms with Gasteiger partial charge in [-0.2, -0.15) is 0 Å². The van der Waals surface area contributed by atoms with Gasteiger partial charge in [-0.05, 0) is 11.1 Å². The first-order valence-corrected chi connectivity index (χ1v) is 4.85. The number of ether oxygens (including phenoxy) is 2. The molecule has 1 aliphatic heterocycles. The molecule has 0 spiro atoms. The fraction of sp³-hybridized carbons (Fsp3) is 0.333. The third kappa shape index (κ3) is 2.09. The maximum absolute atomic E-state index is 9.89. The van der Waals surface area contributed by atoms with Crippen molar-refractivity contribution < 1.29 is 14.6 Å². The number of hydrogen-bond acceptors (Lipinski definition) is 3. The van der Waals surface area contributed by atoms with E-state index < -0.39 is 6.10 Å². The largest absolute Gasteiger partial charge is 0.385 e. The molecule has 1 saturated heterocycles. The molecule has 3 heteroatoms. The highest BCUT2D eigenvalue weighted by atomic mass is 16.8. The molecule has 0 radical (unpaired) electrons. The van der Waals surface area contributed by atoms with E-state index in [1.807, 2.05) is 24.3 Å². The van der Waals surface area contributed by atoms with Crippen LogP contribution in [0.3, 0.4) is 0 Å².